The zero-order valence-corrected chi connectivity index (χ0v) is 15.3. The van der Waals surface area contributed by atoms with Crippen LogP contribution in [0.3, 0.4) is 0 Å². The summed E-state index contributed by atoms with van der Waals surface area (Å²) in [5.74, 6) is -1.22. The van der Waals surface area contributed by atoms with Crippen LogP contribution in [0, 0.1) is 0 Å². The number of fused-ring (bicyclic) bond motifs is 1. The molecule has 150 valence electrons. The second-order valence-electron chi connectivity index (χ2n) is 7.06. The molecular formula is C19H21F3N4O2. The Bertz CT molecular complexity index is 890. The average Bonchev–Trinajstić information content (AvgIpc) is 2.69. The molecule has 2 aromatic rings. The molecule has 0 saturated carbocycles. The zero-order chi connectivity index (χ0) is 19.7. The highest BCUT2D eigenvalue weighted by Crippen LogP contribution is 2.27. The topological polar surface area (TPSA) is 61.5 Å². The van der Waals surface area contributed by atoms with E-state index in [1.165, 1.54) is 0 Å². The third-order valence-corrected chi connectivity index (χ3v) is 5.13. The molecule has 0 amide bonds. The first-order chi connectivity index (χ1) is 13.4. The normalized spacial score (nSPS) is 18.2. The second-order valence-corrected chi connectivity index (χ2v) is 7.06. The first-order valence-electron chi connectivity index (χ1n) is 9.23. The summed E-state index contributed by atoms with van der Waals surface area (Å²) < 4.78 is 43.8. The molecule has 1 N–H and O–H groups in total. The van der Waals surface area contributed by atoms with Gasteiger partial charge in [0, 0.05) is 44.8 Å². The predicted molar refractivity (Wildman–Crippen MR) is 97.2 cm³/mol. The third kappa shape index (κ3) is 4.05. The van der Waals surface area contributed by atoms with Crippen LogP contribution in [-0.2, 0) is 30.4 Å². The largest absolute Gasteiger partial charge is 0.449 e. The van der Waals surface area contributed by atoms with Gasteiger partial charge in [-0.15, -0.1) is 0 Å². The van der Waals surface area contributed by atoms with Gasteiger partial charge < -0.3 is 14.6 Å². The van der Waals surface area contributed by atoms with Gasteiger partial charge in [-0.05, 0) is 17.7 Å². The quantitative estimate of drug-likeness (QED) is 0.865. The van der Waals surface area contributed by atoms with E-state index in [9.17, 15) is 18.0 Å². The van der Waals surface area contributed by atoms with Crippen LogP contribution in [0.25, 0.3) is 0 Å². The van der Waals surface area contributed by atoms with Crippen molar-refractivity contribution >= 4 is 5.69 Å². The van der Waals surface area contributed by atoms with E-state index in [4.69, 9.17) is 4.74 Å². The van der Waals surface area contributed by atoms with Crippen molar-refractivity contribution in [3.8, 4) is 0 Å². The number of hydrogen-bond acceptors (Lipinski definition) is 5. The molecule has 0 unspecified atom stereocenters. The Hall–Kier alpha value is -2.39. The first-order valence-corrected chi connectivity index (χ1v) is 9.23. The SMILES string of the molecule is O=c1[nH]c(C(F)(F)F)nc2c1CN(Cc1ccc(N3CCOCC3)cc1)CC2. The summed E-state index contributed by atoms with van der Waals surface area (Å²) in [4.78, 5) is 21.9. The van der Waals surface area contributed by atoms with E-state index in [1.54, 1.807) is 0 Å². The molecule has 3 heterocycles. The van der Waals surface area contributed by atoms with Crippen molar-refractivity contribution in [3.63, 3.8) is 0 Å². The number of nitrogens with one attached hydrogen (secondary N) is 1. The van der Waals surface area contributed by atoms with Crippen molar-refractivity contribution in [2.24, 2.45) is 0 Å². The number of halogens is 3. The Morgan fingerprint density at radius 3 is 2.50 bits per heavy atom. The van der Waals surface area contributed by atoms with Gasteiger partial charge >= 0.3 is 6.18 Å². The lowest BCUT2D eigenvalue weighted by atomic mass is 10.1. The van der Waals surface area contributed by atoms with Crippen LogP contribution < -0.4 is 10.5 Å². The molecule has 2 aliphatic rings. The number of alkyl halides is 3. The van der Waals surface area contributed by atoms with Crippen molar-refractivity contribution in [2.45, 2.75) is 25.7 Å². The molecule has 1 aromatic heterocycles. The maximum Gasteiger partial charge on any atom is 0.449 e. The van der Waals surface area contributed by atoms with Crippen molar-refractivity contribution < 1.29 is 17.9 Å². The van der Waals surface area contributed by atoms with Gasteiger partial charge in [0.05, 0.1) is 24.5 Å². The van der Waals surface area contributed by atoms with E-state index in [0.29, 0.717) is 31.6 Å². The van der Waals surface area contributed by atoms with E-state index in [1.807, 2.05) is 4.98 Å². The van der Waals surface area contributed by atoms with Crippen molar-refractivity contribution in [3.05, 3.63) is 57.3 Å². The maximum atomic E-state index is 12.8. The Morgan fingerprint density at radius 1 is 1.11 bits per heavy atom. The number of benzene rings is 1. The standard InChI is InChI=1S/C19H21F3N4O2/c20-19(21,22)18-23-16-5-6-25(12-15(16)17(27)24-18)11-13-1-3-14(4-2-13)26-7-9-28-10-8-26/h1-4H,5-12H2,(H,23,24,27). The zero-order valence-electron chi connectivity index (χ0n) is 15.3. The number of hydrogen-bond donors (Lipinski definition) is 1. The fourth-order valence-corrected chi connectivity index (χ4v) is 3.64. The molecule has 28 heavy (non-hydrogen) atoms. The molecule has 0 atom stereocenters. The summed E-state index contributed by atoms with van der Waals surface area (Å²) in [5, 5.41) is 0. The van der Waals surface area contributed by atoms with Crippen molar-refractivity contribution in [1.82, 2.24) is 14.9 Å². The Morgan fingerprint density at radius 2 is 1.82 bits per heavy atom. The molecule has 4 rings (SSSR count). The van der Waals surface area contributed by atoms with Gasteiger partial charge in [0.25, 0.3) is 5.56 Å². The first kappa shape index (κ1) is 18.9. The number of rotatable bonds is 3. The minimum atomic E-state index is -4.65. The predicted octanol–water partition coefficient (Wildman–Crippen LogP) is 2.18. The lowest BCUT2D eigenvalue weighted by Gasteiger charge is -2.30. The lowest BCUT2D eigenvalue weighted by Crippen LogP contribution is -2.37. The number of ether oxygens (including phenoxy) is 1. The van der Waals surface area contributed by atoms with E-state index in [2.05, 4.69) is 39.0 Å². The van der Waals surface area contributed by atoms with E-state index in [-0.39, 0.29) is 5.69 Å². The Balaban J connectivity index is 1.44. The van der Waals surface area contributed by atoms with Crippen LogP contribution in [0.15, 0.2) is 29.1 Å². The Kier molecular flexibility index (Phi) is 5.11. The molecule has 0 radical (unpaired) electrons. The van der Waals surface area contributed by atoms with Crippen LogP contribution in [0.1, 0.15) is 22.6 Å². The van der Waals surface area contributed by atoms with Crippen LogP contribution in [0.4, 0.5) is 18.9 Å². The fraction of sp³-hybridized carbons (Fsp3) is 0.474. The Labute approximate surface area is 159 Å². The molecule has 2 aliphatic heterocycles. The van der Waals surface area contributed by atoms with Gasteiger partial charge in [0.15, 0.2) is 0 Å². The second kappa shape index (κ2) is 7.56. The van der Waals surface area contributed by atoms with Gasteiger partial charge in [-0.25, -0.2) is 4.98 Å². The van der Waals surface area contributed by atoms with E-state index in [0.717, 1.165) is 37.6 Å². The monoisotopic (exact) mass is 394 g/mol. The number of H-pyrrole nitrogens is 1. The molecule has 0 aliphatic carbocycles. The molecule has 9 heteroatoms. The minimum absolute atomic E-state index is 0.245. The number of morpholine rings is 1. The third-order valence-electron chi connectivity index (χ3n) is 5.13. The molecule has 0 bridgehead atoms. The molecule has 0 spiro atoms. The summed E-state index contributed by atoms with van der Waals surface area (Å²) in [6.07, 6.45) is -4.32. The van der Waals surface area contributed by atoms with Gasteiger partial charge in [0.1, 0.15) is 0 Å². The molecule has 1 saturated heterocycles. The number of nitrogens with zero attached hydrogens (tertiary/aromatic N) is 3. The number of aromatic amines is 1. The van der Waals surface area contributed by atoms with E-state index >= 15 is 0 Å². The molecule has 1 aromatic carbocycles. The highest BCUT2D eigenvalue weighted by Gasteiger charge is 2.35. The summed E-state index contributed by atoms with van der Waals surface area (Å²) >= 11 is 0. The molecular weight excluding hydrogens is 373 g/mol. The van der Waals surface area contributed by atoms with Crippen molar-refractivity contribution in [2.75, 3.05) is 37.7 Å². The van der Waals surface area contributed by atoms with Crippen LogP contribution >= 0.6 is 0 Å². The van der Waals surface area contributed by atoms with Gasteiger partial charge in [-0.2, -0.15) is 13.2 Å². The van der Waals surface area contributed by atoms with Crippen molar-refractivity contribution in [1.29, 1.82) is 0 Å². The van der Waals surface area contributed by atoms with Gasteiger partial charge in [0.2, 0.25) is 5.82 Å². The smallest absolute Gasteiger partial charge is 0.378 e. The lowest BCUT2D eigenvalue weighted by molar-refractivity contribution is -0.145. The minimum Gasteiger partial charge on any atom is -0.378 e. The average molecular weight is 394 g/mol. The number of aromatic nitrogens is 2. The van der Waals surface area contributed by atoms with Crippen LogP contribution in [0.2, 0.25) is 0 Å². The maximum absolute atomic E-state index is 12.8. The van der Waals surface area contributed by atoms with E-state index < -0.39 is 17.6 Å². The van der Waals surface area contributed by atoms with Gasteiger partial charge in [-0.3, -0.25) is 9.69 Å². The van der Waals surface area contributed by atoms with Crippen LogP contribution in [0.5, 0.6) is 0 Å². The summed E-state index contributed by atoms with van der Waals surface area (Å²) in [5.41, 5.74) is 2.11. The van der Waals surface area contributed by atoms with Gasteiger partial charge in [-0.1, -0.05) is 12.1 Å². The number of anilines is 1. The molecule has 6 nitrogen and oxygen atoms in total. The fourth-order valence-electron chi connectivity index (χ4n) is 3.64. The highest BCUT2D eigenvalue weighted by atomic mass is 19.4. The highest BCUT2D eigenvalue weighted by molar-refractivity contribution is 5.48. The molecule has 1 fully saturated rings. The summed E-state index contributed by atoms with van der Waals surface area (Å²) in [6.45, 7) is 4.69. The summed E-state index contributed by atoms with van der Waals surface area (Å²) in [7, 11) is 0. The summed E-state index contributed by atoms with van der Waals surface area (Å²) in [6, 6.07) is 8.25. The van der Waals surface area contributed by atoms with Crippen LogP contribution in [-0.4, -0.2) is 47.7 Å².